The Labute approximate surface area is 203 Å². The highest BCUT2D eigenvalue weighted by atomic mass is 32.2. The molecule has 0 bridgehead atoms. The molecule has 8 nitrogen and oxygen atoms in total. The van der Waals surface area contributed by atoms with Crippen molar-refractivity contribution in [2.45, 2.75) is 55.4 Å². The molecule has 2 aliphatic carbocycles. The molecule has 2 aromatic rings. The van der Waals surface area contributed by atoms with Crippen molar-refractivity contribution in [3.63, 3.8) is 0 Å². The first-order valence-electron chi connectivity index (χ1n) is 12.4. The van der Waals surface area contributed by atoms with Gasteiger partial charge in [0.05, 0.1) is 23.7 Å². The minimum Gasteiger partial charge on any atom is -0.378 e. The summed E-state index contributed by atoms with van der Waals surface area (Å²) in [5.41, 5.74) is 2.49. The number of aromatic nitrogens is 2. The van der Waals surface area contributed by atoms with Gasteiger partial charge in [0.25, 0.3) is 0 Å². The number of anilines is 2. The summed E-state index contributed by atoms with van der Waals surface area (Å²) in [7, 11) is -0.924. The summed E-state index contributed by atoms with van der Waals surface area (Å²) >= 11 is 0. The molecule has 1 unspecified atom stereocenters. The van der Waals surface area contributed by atoms with Crippen LogP contribution in [0.15, 0.2) is 30.3 Å². The van der Waals surface area contributed by atoms with Gasteiger partial charge in [-0.05, 0) is 56.9 Å². The second kappa shape index (κ2) is 10.00. The van der Waals surface area contributed by atoms with E-state index in [-0.39, 0.29) is 16.0 Å². The van der Waals surface area contributed by atoms with Crippen molar-refractivity contribution in [1.29, 1.82) is 0 Å². The Bertz CT molecular complexity index is 1050. The van der Waals surface area contributed by atoms with E-state index in [9.17, 15) is 9.00 Å². The van der Waals surface area contributed by atoms with Crippen molar-refractivity contribution in [3.8, 4) is 11.4 Å². The zero-order valence-corrected chi connectivity index (χ0v) is 20.5. The number of nitrogens with one attached hydrogen (secondary N) is 2. The van der Waals surface area contributed by atoms with Crippen molar-refractivity contribution < 1.29 is 13.7 Å². The highest BCUT2D eigenvalue weighted by Gasteiger charge is 2.54. The zero-order valence-electron chi connectivity index (χ0n) is 19.7. The molecule has 34 heavy (non-hydrogen) atoms. The predicted molar refractivity (Wildman–Crippen MR) is 135 cm³/mol. The van der Waals surface area contributed by atoms with Gasteiger partial charge >= 0.3 is 6.03 Å². The van der Waals surface area contributed by atoms with E-state index < -0.39 is 10.8 Å². The number of carbonyl (C=O) groups excluding carboxylic acids is 1. The maximum atomic E-state index is 13.6. The number of hydrogen-bond donors (Lipinski definition) is 2. The molecule has 1 aliphatic heterocycles. The SMILES string of the molecule is CCNC(=O)Nc1ccc(-c2nc(N3CCOCC3)cc(C3(S(=O)C4CCCC4)CC3)n2)cc1. The van der Waals surface area contributed by atoms with Crippen LogP contribution in [0.3, 0.4) is 0 Å². The third-order valence-electron chi connectivity index (χ3n) is 6.95. The van der Waals surface area contributed by atoms with E-state index in [1.165, 1.54) is 12.8 Å². The number of benzene rings is 1. The Balaban J connectivity index is 1.47. The fourth-order valence-corrected chi connectivity index (χ4v) is 7.10. The van der Waals surface area contributed by atoms with Crippen LogP contribution < -0.4 is 15.5 Å². The monoisotopic (exact) mass is 483 g/mol. The lowest BCUT2D eigenvalue weighted by Gasteiger charge is -2.29. The molecule has 1 aromatic carbocycles. The summed E-state index contributed by atoms with van der Waals surface area (Å²) in [6, 6.07) is 9.42. The fraction of sp³-hybridized carbons (Fsp3) is 0.560. The number of ether oxygens (including phenoxy) is 1. The van der Waals surface area contributed by atoms with Crippen LogP contribution in [0.5, 0.6) is 0 Å². The van der Waals surface area contributed by atoms with Crippen molar-refractivity contribution in [3.05, 3.63) is 36.0 Å². The van der Waals surface area contributed by atoms with E-state index in [1.54, 1.807) is 0 Å². The average Bonchev–Trinajstić information content (AvgIpc) is 3.50. The van der Waals surface area contributed by atoms with Gasteiger partial charge in [0.1, 0.15) is 5.82 Å². The van der Waals surface area contributed by atoms with Crippen LogP contribution in [0, 0.1) is 0 Å². The van der Waals surface area contributed by atoms with E-state index >= 15 is 0 Å². The standard InChI is InChI=1S/C25H33N5O3S/c1-2-26-24(31)27-19-9-7-18(8-10-19)23-28-21(17-22(29-23)30-13-15-33-16-14-30)25(11-12-25)34(32)20-5-3-4-6-20/h7-10,17,20H,2-6,11-16H2,1H3,(H2,26,27,31). The molecule has 3 fully saturated rings. The van der Waals surface area contributed by atoms with Gasteiger partial charge in [-0.1, -0.05) is 12.8 Å². The van der Waals surface area contributed by atoms with Crippen molar-refractivity contribution in [2.24, 2.45) is 0 Å². The summed E-state index contributed by atoms with van der Waals surface area (Å²) in [5, 5.41) is 5.84. The first kappa shape index (κ1) is 23.2. The summed E-state index contributed by atoms with van der Waals surface area (Å²) < 4.78 is 18.8. The van der Waals surface area contributed by atoms with Gasteiger partial charge in [-0.2, -0.15) is 0 Å². The molecular weight excluding hydrogens is 450 g/mol. The number of morpholine rings is 1. The molecule has 3 aliphatic rings. The van der Waals surface area contributed by atoms with Crippen LogP contribution in [0.1, 0.15) is 51.1 Å². The molecule has 1 saturated heterocycles. The lowest BCUT2D eigenvalue weighted by Crippen LogP contribution is -2.37. The highest BCUT2D eigenvalue weighted by molar-refractivity contribution is 7.87. The molecule has 1 aromatic heterocycles. The van der Waals surface area contributed by atoms with Gasteiger partial charge in [-0.25, -0.2) is 14.8 Å². The van der Waals surface area contributed by atoms with Crippen LogP contribution in [-0.2, 0) is 20.3 Å². The quantitative estimate of drug-likeness (QED) is 0.622. The summed E-state index contributed by atoms with van der Waals surface area (Å²) in [6.07, 6.45) is 6.31. The molecule has 2 heterocycles. The molecule has 9 heteroatoms. The van der Waals surface area contributed by atoms with Gasteiger partial charge in [0, 0.05) is 53.0 Å². The molecule has 2 N–H and O–H groups in total. The van der Waals surface area contributed by atoms with E-state index in [0.717, 1.165) is 55.8 Å². The van der Waals surface area contributed by atoms with Crippen LogP contribution in [0.2, 0.25) is 0 Å². The van der Waals surface area contributed by atoms with Crippen LogP contribution in [0.25, 0.3) is 11.4 Å². The van der Waals surface area contributed by atoms with Crippen LogP contribution in [-0.4, -0.2) is 58.3 Å². The third-order valence-corrected chi connectivity index (χ3v) is 9.41. The number of nitrogens with zero attached hydrogens (tertiary/aromatic N) is 3. The van der Waals surface area contributed by atoms with E-state index in [1.807, 2.05) is 31.2 Å². The normalized spacial score (nSPS) is 20.7. The first-order valence-corrected chi connectivity index (χ1v) is 13.6. The number of carbonyl (C=O) groups is 1. The maximum absolute atomic E-state index is 13.6. The topological polar surface area (TPSA) is 96.5 Å². The Hall–Kier alpha value is -2.52. The minimum atomic E-state index is -0.924. The Morgan fingerprint density at radius 1 is 1.15 bits per heavy atom. The lowest BCUT2D eigenvalue weighted by molar-refractivity contribution is 0.122. The Morgan fingerprint density at radius 3 is 2.50 bits per heavy atom. The molecule has 0 spiro atoms. The lowest BCUT2D eigenvalue weighted by atomic mass is 10.1. The fourth-order valence-electron chi connectivity index (χ4n) is 4.89. The highest BCUT2D eigenvalue weighted by Crippen LogP contribution is 2.53. The molecule has 5 rings (SSSR count). The van der Waals surface area contributed by atoms with Gasteiger partial charge in [0.15, 0.2) is 5.82 Å². The maximum Gasteiger partial charge on any atom is 0.319 e. The van der Waals surface area contributed by atoms with Gasteiger partial charge in [0.2, 0.25) is 0 Å². The average molecular weight is 484 g/mol. The zero-order chi connectivity index (χ0) is 23.5. The molecule has 2 amide bonds. The smallest absolute Gasteiger partial charge is 0.319 e. The second-order valence-electron chi connectivity index (χ2n) is 9.29. The minimum absolute atomic E-state index is 0.229. The van der Waals surface area contributed by atoms with Gasteiger partial charge in [-0.3, -0.25) is 4.21 Å². The van der Waals surface area contributed by atoms with E-state index in [0.29, 0.717) is 31.3 Å². The number of urea groups is 1. The second-order valence-corrected chi connectivity index (χ2v) is 11.3. The summed E-state index contributed by atoms with van der Waals surface area (Å²) in [4.78, 5) is 24.0. The Kier molecular flexibility index (Phi) is 6.83. The molecule has 2 saturated carbocycles. The number of amides is 2. The van der Waals surface area contributed by atoms with Crippen LogP contribution in [0.4, 0.5) is 16.3 Å². The van der Waals surface area contributed by atoms with Gasteiger partial charge < -0.3 is 20.3 Å². The summed E-state index contributed by atoms with van der Waals surface area (Å²) in [5.74, 6) is 1.51. The predicted octanol–water partition coefficient (Wildman–Crippen LogP) is 3.80. The number of hydrogen-bond acceptors (Lipinski definition) is 6. The number of rotatable bonds is 7. The van der Waals surface area contributed by atoms with Crippen LogP contribution >= 0.6 is 0 Å². The molecule has 182 valence electrons. The van der Waals surface area contributed by atoms with E-state index in [4.69, 9.17) is 14.7 Å². The molecule has 1 atom stereocenters. The molecule has 0 radical (unpaired) electrons. The third kappa shape index (κ3) is 4.81. The Morgan fingerprint density at radius 2 is 1.85 bits per heavy atom. The van der Waals surface area contributed by atoms with Crippen molar-refractivity contribution in [2.75, 3.05) is 43.1 Å². The first-order chi connectivity index (χ1) is 16.6. The molecular formula is C25H33N5O3S. The van der Waals surface area contributed by atoms with E-state index in [2.05, 4.69) is 21.6 Å². The van der Waals surface area contributed by atoms with Crippen molar-refractivity contribution in [1.82, 2.24) is 15.3 Å². The van der Waals surface area contributed by atoms with Gasteiger partial charge in [-0.15, -0.1) is 0 Å². The largest absolute Gasteiger partial charge is 0.378 e. The summed E-state index contributed by atoms with van der Waals surface area (Å²) in [6.45, 7) is 5.36. The van der Waals surface area contributed by atoms with Crippen molar-refractivity contribution >= 4 is 28.3 Å².